The molecule has 2 unspecified atom stereocenters. The van der Waals surface area contributed by atoms with E-state index in [0.29, 0.717) is 29.8 Å². The molecule has 7 heteroatoms. The maximum atomic E-state index is 12.4. The fraction of sp³-hybridized carbons (Fsp3) is 0.562. The summed E-state index contributed by atoms with van der Waals surface area (Å²) in [5, 5.41) is 15.0. The van der Waals surface area contributed by atoms with E-state index in [1.54, 1.807) is 13.0 Å². The van der Waals surface area contributed by atoms with E-state index in [0.717, 1.165) is 4.88 Å². The average molecular weight is 340 g/mol. The lowest BCUT2D eigenvalue weighted by Crippen LogP contribution is -2.45. The third kappa shape index (κ3) is 5.35. The summed E-state index contributed by atoms with van der Waals surface area (Å²) in [4.78, 5) is 36.4. The standard InChI is InChI=1S/C16H24N2O4S/c1-5-7-12(19)17-15-11(8-10(4)23-15)14(20)18-13(16(21)22)9(3)6-2/h8-9,13H,5-7H2,1-4H3,(H,17,19)(H,18,20)(H,21,22). The summed E-state index contributed by atoms with van der Waals surface area (Å²) in [6, 6.07) is 0.712. The second-order valence-corrected chi connectivity index (χ2v) is 6.83. The van der Waals surface area contributed by atoms with E-state index in [4.69, 9.17) is 0 Å². The number of aryl methyl sites for hydroxylation is 1. The van der Waals surface area contributed by atoms with Crippen LogP contribution in [0.2, 0.25) is 0 Å². The van der Waals surface area contributed by atoms with Gasteiger partial charge < -0.3 is 15.7 Å². The third-order valence-corrected chi connectivity index (χ3v) is 4.56. The highest BCUT2D eigenvalue weighted by molar-refractivity contribution is 7.16. The lowest BCUT2D eigenvalue weighted by molar-refractivity contribution is -0.140. The van der Waals surface area contributed by atoms with Crippen LogP contribution in [-0.4, -0.2) is 28.9 Å². The van der Waals surface area contributed by atoms with E-state index >= 15 is 0 Å². The molecule has 1 aromatic heterocycles. The number of hydrogen-bond donors (Lipinski definition) is 3. The fourth-order valence-electron chi connectivity index (χ4n) is 2.09. The van der Waals surface area contributed by atoms with Crippen molar-refractivity contribution in [2.24, 2.45) is 5.92 Å². The van der Waals surface area contributed by atoms with E-state index in [-0.39, 0.29) is 11.8 Å². The second kappa shape index (κ2) is 8.67. The van der Waals surface area contributed by atoms with E-state index in [9.17, 15) is 19.5 Å². The minimum atomic E-state index is -1.06. The van der Waals surface area contributed by atoms with Crippen molar-refractivity contribution >= 4 is 34.1 Å². The molecule has 0 bridgehead atoms. The molecule has 0 aliphatic carbocycles. The van der Waals surface area contributed by atoms with E-state index < -0.39 is 17.9 Å². The molecule has 2 atom stereocenters. The molecule has 0 aliphatic heterocycles. The van der Waals surface area contributed by atoms with Crippen molar-refractivity contribution in [3.05, 3.63) is 16.5 Å². The molecule has 0 spiro atoms. The Kier molecular flexibility index (Phi) is 7.22. The van der Waals surface area contributed by atoms with Gasteiger partial charge in [0.15, 0.2) is 0 Å². The number of amides is 2. The van der Waals surface area contributed by atoms with Gasteiger partial charge >= 0.3 is 5.97 Å². The molecular weight excluding hydrogens is 316 g/mol. The SMILES string of the molecule is CCCC(=O)Nc1sc(C)cc1C(=O)NC(C(=O)O)C(C)CC. The first-order valence-corrected chi connectivity index (χ1v) is 8.55. The van der Waals surface area contributed by atoms with Gasteiger partial charge in [-0.3, -0.25) is 9.59 Å². The van der Waals surface area contributed by atoms with Crippen LogP contribution in [-0.2, 0) is 9.59 Å². The third-order valence-electron chi connectivity index (χ3n) is 3.60. The molecule has 0 saturated heterocycles. The van der Waals surface area contributed by atoms with Gasteiger partial charge in [0.2, 0.25) is 5.91 Å². The van der Waals surface area contributed by atoms with Gasteiger partial charge in [-0.05, 0) is 25.3 Å². The first-order valence-electron chi connectivity index (χ1n) is 7.74. The van der Waals surface area contributed by atoms with Gasteiger partial charge in [-0.2, -0.15) is 0 Å². The molecule has 1 heterocycles. The van der Waals surface area contributed by atoms with E-state index in [1.807, 2.05) is 20.8 Å². The van der Waals surface area contributed by atoms with Crippen molar-refractivity contribution in [2.75, 3.05) is 5.32 Å². The normalized spacial score (nSPS) is 13.2. The molecule has 1 aromatic rings. The number of hydrogen-bond acceptors (Lipinski definition) is 4. The Morgan fingerprint density at radius 2 is 1.96 bits per heavy atom. The van der Waals surface area contributed by atoms with Gasteiger partial charge in [-0.25, -0.2) is 4.79 Å². The average Bonchev–Trinajstić information content (AvgIpc) is 2.84. The predicted octanol–water partition coefficient (Wildman–Crippen LogP) is 3.02. The maximum absolute atomic E-state index is 12.4. The van der Waals surface area contributed by atoms with Crippen LogP contribution in [0, 0.1) is 12.8 Å². The van der Waals surface area contributed by atoms with E-state index in [1.165, 1.54) is 11.3 Å². The van der Waals surface area contributed by atoms with Gasteiger partial charge in [0, 0.05) is 11.3 Å². The molecule has 2 amide bonds. The molecule has 3 N–H and O–H groups in total. The molecule has 128 valence electrons. The highest BCUT2D eigenvalue weighted by atomic mass is 32.1. The zero-order valence-corrected chi connectivity index (χ0v) is 14.8. The number of anilines is 1. The van der Waals surface area contributed by atoms with Gasteiger partial charge in [0.05, 0.1) is 5.56 Å². The number of rotatable bonds is 8. The molecule has 0 fully saturated rings. The summed E-state index contributed by atoms with van der Waals surface area (Å²) in [5.74, 6) is -1.88. The van der Waals surface area contributed by atoms with Crippen molar-refractivity contribution in [3.63, 3.8) is 0 Å². The van der Waals surface area contributed by atoms with Crippen LogP contribution in [0.1, 0.15) is 55.3 Å². The predicted molar refractivity (Wildman–Crippen MR) is 90.9 cm³/mol. The number of carbonyl (C=O) groups excluding carboxylic acids is 2. The topological polar surface area (TPSA) is 95.5 Å². The number of aliphatic carboxylic acids is 1. The van der Waals surface area contributed by atoms with Gasteiger partial charge in [0.25, 0.3) is 5.91 Å². The minimum Gasteiger partial charge on any atom is -0.480 e. The summed E-state index contributed by atoms with van der Waals surface area (Å²) >= 11 is 1.31. The minimum absolute atomic E-state index is 0.153. The van der Waals surface area contributed by atoms with Crippen LogP contribution >= 0.6 is 11.3 Å². The quantitative estimate of drug-likeness (QED) is 0.678. The maximum Gasteiger partial charge on any atom is 0.326 e. The van der Waals surface area contributed by atoms with E-state index in [2.05, 4.69) is 10.6 Å². The number of nitrogens with one attached hydrogen (secondary N) is 2. The number of carboxylic acid groups (broad SMARTS) is 1. The molecule has 0 aromatic carbocycles. The van der Waals surface area contributed by atoms with Crippen molar-refractivity contribution in [3.8, 4) is 0 Å². The lowest BCUT2D eigenvalue weighted by Gasteiger charge is -2.20. The van der Waals surface area contributed by atoms with Crippen LogP contribution in [0.3, 0.4) is 0 Å². The van der Waals surface area contributed by atoms with Crippen molar-refractivity contribution in [1.29, 1.82) is 0 Å². The smallest absolute Gasteiger partial charge is 0.326 e. The number of carboxylic acids is 1. The highest BCUT2D eigenvalue weighted by Crippen LogP contribution is 2.28. The van der Waals surface area contributed by atoms with Crippen molar-refractivity contribution < 1.29 is 19.5 Å². The Morgan fingerprint density at radius 1 is 1.30 bits per heavy atom. The van der Waals surface area contributed by atoms with Gasteiger partial charge in [0.1, 0.15) is 11.0 Å². The summed E-state index contributed by atoms with van der Waals surface area (Å²) in [6.45, 7) is 7.39. The van der Waals surface area contributed by atoms with Crippen molar-refractivity contribution in [1.82, 2.24) is 5.32 Å². The zero-order chi connectivity index (χ0) is 17.6. The Morgan fingerprint density at radius 3 is 2.48 bits per heavy atom. The first kappa shape index (κ1) is 19.2. The summed E-state index contributed by atoms with van der Waals surface area (Å²) in [7, 11) is 0. The lowest BCUT2D eigenvalue weighted by atomic mass is 9.99. The molecule has 0 radical (unpaired) electrons. The molecule has 0 aliphatic rings. The monoisotopic (exact) mass is 340 g/mol. The van der Waals surface area contributed by atoms with Crippen LogP contribution in [0.15, 0.2) is 6.07 Å². The van der Waals surface area contributed by atoms with Gasteiger partial charge in [-0.15, -0.1) is 11.3 Å². The van der Waals surface area contributed by atoms with Crippen LogP contribution in [0.5, 0.6) is 0 Å². The Labute approximate surface area is 140 Å². The zero-order valence-electron chi connectivity index (χ0n) is 13.9. The summed E-state index contributed by atoms with van der Waals surface area (Å²) in [5.41, 5.74) is 0.312. The Balaban J connectivity index is 2.94. The summed E-state index contributed by atoms with van der Waals surface area (Å²) in [6.07, 6.45) is 1.73. The van der Waals surface area contributed by atoms with Crippen molar-refractivity contribution in [2.45, 2.75) is 53.0 Å². The number of thiophene rings is 1. The van der Waals surface area contributed by atoms with Crippen LogP contribution < -0.4 is 10.6 Å². The molecule has 6 nitrogen and oxygen atoms in total. The van der Waals surface area contributed by atoms with Crippen LogP contribution in [0.25, 0.3) is 0 Å². The Hall–Kier alpha value is -1.89. The molecule has 1 rings (SSSR count). The van der Waals surface area contributed by atoms with Gasteiger partial charge in [-0.1, -0.05) is 27.2 Å². The summed E-state index contributed by atoms with van der Waals surface area (Å²) < 4.78 is 0. The fourth-order valence-corrected chi connectivity index (χ4v) is 3.02. The first-order chi connectivity index (χ1) is 10.8. The van der Waals surface area contributed by atoms with Crippen LogP contribution in [0.4, 0.5) is 5.00 Å². The second-order valence-electron chi connectivity index (χ2n) is 5.57. The molecule has 23 heavy (non-hydrogen) atoms. The largest absolute Gasteiger partial charge is 0.480 e. The Bertz CT molecular complexity index is 583. The molecule has 0 saturated carbocycles. The molecular formula is C16H24N2O4S. The highest BCUT2D eigenvalue weighted by Gasteiger charge is 2.27. The number of carbonyl (C=O) groups is 3.